The molecule has 1 aromatic carbocycles. The van der Waals surface area contributed by atoms with Crippen LogP contribution in [-0.2, 0) is 20.7 Å². The third-order valence-electron chi connectivity index (χ3n) is 4.34. The molecule has 0 N–H and O–H groups in total. The minimum Gasteiger partial charge on any atom is -0.469 e. The maximum absolute atomic E-state index is 11.9. The summed E-state index contributed by atoms with van der Waals surface area (Å²) in [6, 6.07) is 8.27. The van der Waals surface area contributed by atoms with E-state index in [0.717, 1.165) is 56.9 Å². The number of allylic oxidation sites excluding steroid dienone is 1. The molecule has 1 rings (SSSR count). The first kappa shape index (κ1) is 21.1. The fourth-order valence-electron chi connectivity index (χ4n) is 2.78. The second kappa shape index (κ2) is 13.4. The van der Waals surface area contributed by atoms with Crippen molar-refractivity contribution in [1.82, 2.24) is 0 Å². The van der Waals surface area contributed by atoms with Crippen molar-refractivity contribution >= 4 is 17.8 Å². The Hall–Kier alpha value is -1.90. The van der Waals surface area contributed by atoms with Crippen molar-refractivity contribution in [2.75, 3.05) is 7.11 Å². The average molecular weight is 344 g/mol. The SMILES string of the molecule is CCCCCC(=O)C=Cc1ccccc1CCCCCCC(=O)OC. The van der Waals surface area contributed by atoms with Crippen molar-refractivity contribution in [3.05, 3.63) is 41.5 Å². The van der Waals surface area contributed by atoms with Gasteiger partial charge in [-0.1, -0.05) is 62.9 Å². The highest BCUT2D eigenvalue weighted by molar-refractivity contribution is 5.93. The largest absolute Gasteiger partial charge is 0.469 e. The highest BCUT2D eigenvalue weighted by Gasteiger charge is 2.02. The van der Waals surface area contributed by atoms with Crippen LogP contribution < -0.4 is 0 Å². The normalized spacial score (nSPS) is 11.0. The predicted octanol–water partition coefficient (Wildman–Crippen LogP) is 5.52. The summed E-state index contributed by atoms with van der Waals surface area (Å²) in [7, 11) is 1.43. The zero-order chi connectivity index (χ0) is 18.3. The van der Waals surface area contributed by atoms with Crippen LogP contribution in [0.15, 0.2) is 30.3 Å². The van der Waals surface area contributed by atoms with Crippen LogP contribution in [0.1, 0.15) is 75.8 Å². The third-order valence-corrected chi connectivity index (χ3v) is 4.34. The molecule has 0 spiro atoms. The Labute approximate surface area is 152 Å². The summed E-state index contributed by atoms with van der Waals surface area (Å²) in [6.45, 7) is 2.14. The summed E-state index contributed by atoms with van der Waals surface area (Å²) in [4.78, 5) is 23.0. The van der Waals surface area contributed by atoms with Crippen LogP contribution >= 0.6 is 0 Å². The van der Waals surface area contributed by atoms with Crippen LogP contribution in [0.2, 0.25) is 0 Å². The lowest BCUT2D eigenvalue weighted by atomic mass is 9.99. The summed E-state index contributed by atoms with van der Waals surface area (Å²) in [6.07, 6.45) is 13.2. The van der Waals surface area contributed by atoms with E-state index in [1.165, 1.54) is 12.7 Å². The molecule has 3 nitrogen and oxygen atoms in total. The molecule has 0 heterocycles. The predicted molar refractivity (Wildman–Crippen MR) is 103 cm³/mol. The van der Waals surface area contributed by atoms with E-state index in [9.17, 15) is 9.59 Å². The van der Waals surface area contributed by atoms with Crippen molar-refractivity contribution in [2.45, 2.75) is 71.1 Å². The molecule has 138 valence electrons. The molecule has 0 radical (unpaired) electrons. The fraction of sp³-hybridized carbons (Fsp3) is 0.545. The third kappa shape index (κ3) is 9.85. The highest BCUT2D eigenvalue weighted by atomic mass is 16.5. The minimum atomic E-state index is -0.126. The second-order valence-electron chi connectivity index (χ2n) is 6.45. The first-order valence-electron chi connectivity index (χ1n) is 9.53. The number of aryl methyl sites for hydroxylation is 1. The molecule has 0 saturated carbocycles. The number of ketones is 1. The maximum atomic E-state index is 11.9. The Bertz CT molecular complexity index is 546. The van der Waals surface area contributed by atoms with Gasteiger partial charge in [0.1, 0.15) is 0 Å². The molecule has 25 heavy (non-hydrogen) atoms. The number of hydrogen-bond donors (Lipinski definition) is 0. The summed E-state index contributed by atoms with van der Waals surface area (Å²) in [5.41, 5.74) is 2.42. The highest BCUT2D eigenvalue weighted by Crippen LogP contribution is 2.16. The molecule has 0 atom stereocenters. The van der Waals surface area contributed by atoms with E-state index in [1.54, 1.807) is 6.08 Å². The van der Waals surface area contributed by atoms with Crippen LogP contribution in [-0.4, -0.2) is 18.9 Å². The molecule has 0 aromatic heterocycles. The van der Waals surface area contributed by atoms with Gasteiger partial charge in [-0.05, 0) is 42.9 Å². The Morgan fingerprint density at radius 1 is 0.960 bits per heavy atom. The van der Waals surface area contributed by atoms with E-state index in [0.29, 0.717) is 12.8 Å². The summed E-state index contributed by atoms with van der Waals surface area (Å²) in [5, 5.41) is 0. The summed E-state index contributed by atoms with van der Waals surface area (Å²) >= 11 is 0. The standard InChI is InChI=1S/C22H32O3/c1-3-4-7-15-21(23)18-17-20-14-11-10-13-19(20)12-8-5-6-9-16-22(24)25-2/h10-11,13-14,17-18H,3-9,12,15-16H2,1-2H3. The Balaban J connectivity index is 2.38. The lowest BCUT2D eigenvalue weighted by molar-refractivity contribution is -0.140. The lowest BCUT2D eigenvalue weighted by Gasteiger charge is -2.06. The quantitative estimate of drug-likeness (QED) is 0.269. The maximum Gasteiger partial charge on any atom is 0.305 e. The topological polar surface area (TPSA) is 43.4 Å². The van der Waals surface area contributed by atoms with E-state index in [1.807, 2.05) is 18.2 Å². The van der Waals surface area contributed by atoms with Gasteiger partial charge in [0.25, 0.3) is 0 Å². The molecule has 0 aliphatic carbocycles. The van der Waals surface area contributed by atoms with Gasteiger partial charge in [0.2, 0.25) is 0 Å². The van der Waals surface area contributed by atoms with Gasteiger partial charge in [0, 0.05) is 12.8 Å². The number of methoxy groups -OCH3 is 1. The van der Waals surface area contributed by atoms with E-state index in [2.05, 4.69) is 23.8 Å². The van der Waals surface area contributed by atoms with E-state index in [-0.39, 0.29) is 11.8 Å². The molecule has 0 aliphatic rings. The second-order valence-corrected chi connectivity index (χ2v) is 6.45. The molecule has 0 amide bonds. The van der Waals surface area contributed by atoms with Crippen molar-refractivity contribution in [2.24, 2.45) is 0 Å². The number of carbonyl (C=O) groups excluding carboxylic acids is 2. The van der Waals surface area contributed by atoms with Gasteiger partial charge in [0.15, 0.2) is 5.78 Å². The number of benzene rings is 1. The molecule has 0 unspecified atom stereocenters. The monoisotopic (exact) mass is 344 g/mol. The van der Waals surface area contributed by atoms with Gasteiger partial charge in [-0.15, -0.1) is 0 Å². The first-order valence-corrected chi connectivity index (χ1v) is 9.53. The molecule has 1 aromatic rings. The van der Waals surface area contributed by atoms with Gasteiger partial charge in [-0.25, -0.2) is 0 Å². The summed E-state index contributed by atoms with van der Waals surface area (Å²) in [5.74, 6) is 0.0881. The van der Waals surface area contributed by atoms with Crippen molar-refractivity contribution in [3.8, 4) is 0 Å². The molecule has 0 saturated heterocycles. The van der Waals surface area contributed by atoms with Crippen molar-refractivity contribution in [3.63, 3.8) is 0 Å². The zero-order valence-corrected chi connectivity index (χ0v) is 15.8. The Morgan fingerprint density at radius 2 is 1.68 bits per heavy atom. The fourth-order valence-corrected chi connectivity index (χ4v) is 2.78. The molecular formula is C22H32O3. The lowest BCUT2D eigenvalue weighted by Crippen LogP contribution is -1.99. The number of rotatable bonds is 13. The van der Waals surface area contributed by atoms with Gasteiger partial charge < -0.3 is 4.74 Å². The van der Waals surface area contributed by atoms with Crippen LogP contribution in [0.5, 0.6) is 0 Å². The molecule has 0 bridgehead atoms. The van der Waals surface area contributed by atoms with Gasteiger partial charge in [-0.2, -0.15) is 0 Å². The first-order chi connectivity index (χ1) is 12.2. The van der Waals surface area contributed by atoms with Crippen LogP contribution in [0.4, 0.5) is 0 Å². The van der Waals surface area contributed by atoms with Gasteiger partial charge >= 0.3 is 5.97 Å². The number of ether oxygens (including phenoxy) is 1. The van der Waals surface area contributed by atoms with E-state index < -0.39 is 0 Å². The van der Waals surface area contributed by atoms with E-state index >= 15 is 0 Å². The molecule has 0 aliphatic heterocycles. The molecule has 3 heteroatoms. The number of unbranched alkanes of at least 4 members (excludes halogenated alkanes) is 5. The van der Waals surface area contributed by atoms with Crippen molar-refractivity contribution < 1.29 is 14.3 Å². The zero-order valence-electron chi connectivity index (χ0n) is 15.8. The molecular weight excluding hydrogens is 312 g/mol. The van der Waals surface area contributed by atoms with Crippen molar-refractivity contribution in [1.29, 1.82) is 0 Å². The smallest absolute Gasteiger partial charge is 0.305 e. The van der Waals surface area contributed by atoms with Gasteiger partial charge in [-0.3, -0.25) is 9.59 Å². The molecule has 0 fully saturated rings. The Kier molecular flexibility index (Phi) is 11.3. The summed E-state index contributed by atoms with van der Waals surface area (Å²) < 4.78 is 4.64. The number of esters is 1. The number of hydrogen-bond acceptors (Lipinski definition) is 3. The average Bonchev–Trinajstić information content (AvgIpc) is 2.63. The van der Waals surface area contributed by atoms with Gasteiger partial charge in [0.05, 0.1) is 7.11 Å². The van der Waals surface area contributed by atoms with Crippen LogP contribution in [0, 0.1) is 0 Å². The minimum absolute atomic E-state index is 0.126. The van der Waals surface area contributed by atoms with Crippen LogP contribution in [0.25, 0.3) is 6.08 Å². The van der Waals surface area contributed by atoms with E-state index in [4.69, 9.17) is 0 Å². The van der Waals surface area contributed by atoms with Crippen LogP contribution in [0.3, 0.4) is 0 Å². The number of carbonyl (C=O) groups is 2. The Morgan fingerprint density at radius 3 is 2.44 bits per heavy atom.